The van der Waals surface area contributed by atoms with Crippen LogP contribution in [0.5, 0.6) is 11.5 Å². The minimum Gasteiger partial charge on any atom is -0.493 e. The molecule has 0 bridgehead atoms. The van der Waals surface area contributed by atoms with E-state index in [9.17, 15) is 13.2 Å². The van der Waals surface area contributed by atoms with Gasteiger partial charge in [0.1, 0.15) is 6.61 Å². The van der Waals surface area contributed by atoms with E-state index >= 15 is 0 Å². The number of carbonyl (C=O) groups is 1. The summed E-state index contributed by atoms with van der Waals surface area (Å²) in [6.45, 7) is 5.35. The van der Waals surface area contributed by atoms with E-state index in [2.05, 4.69) is 17.2 Å². The Labute approximate surface area is 230 Å². The van der Waals surface area contributed by atoms with Gasteiger partial charge in [0.05, 0.1) is 24.9 Å². The molecular weight excluding hydrogens is 518 g/mol. The molecule has 1 aliphatic carbocycles. The number of amides is 1. The van der Waals surface area contributed by atoms with E-state index in [4.69, 9.17) is 14.0 Å². The number of ether oxygens (including phenoxy) is 2. The number of nitrogens with one attached hydrogen (secondary N) is 1. The van der Waals surface area contributed by atoms with Gasteiger partial charge in [-0.25, -0.2) is 4.98 Å². The molecular formula is C29H37N3O6S. The molecule has 1 aromatic heterocycles. The molecule has 0 spiro atoms. The normalized spacial score (nSPS) is 17.2. The number of methoxy groups -OCH3 is 1. The van der Waals surface area contributed by atoms with Crippen LogP contribution in [0.1, 0.15) is 43.7 Å². The van der Waals surface area contributed by atoms with Crippen molar-refractivity contribution in [2.24, 2.45) is 5.92 Å². The number of aryl methyl sites for hydroxylation is 1. The minimum atomic E-state index is -4.02. The Hall–Kier alpha value is -3.63. The van der Waals surface area contributed by atoms with Crippen molar-refractivity contribution >= 4 is 22.1 Å². The highest BCUT2D eigenvalue weighted by Gasteiger charge is 2.18. The molecule has 0 radical (unpaired) electrons. The predicted molar refractivity (Wildman–Crippen MR) is 150 cm³/mol. The third-order valence-electron chi connectivity index (χ3n) is 6.46. The number of benzene rings is 2. The van der Waals surface area contributed by atoms with Gasteiger partial charge in [-0.1, -0.05) is 30.7 Å². The van der Waals surface area contributed by atoms with Crippen LogP contribution in [0.4, 0.5) is 0 Å². The molecule has 1 amide bonds. The third-order valence-corrected chi connectivity index (χ3v) is 7.33. The minimum absolute atomic E-state index is 0.0424. The molecule has 3 aromatic rings. The fourth-order valence-electron chi connectivity index (χ4n) is 4.12. The van der Waals surface area contributed by atoms with Gasteiger partial charge in [-0.2, -0.15) is 8.42 Å². The zero-order valence-electron chi connectivity index (χ0n) is 22.6. The quantitative estimate of drug-likeness (QED) is 0.284. The highest BCUT2D eigenvalue weighted by molar-refractivity contribution is 7.85. The van der Waals surface area contributed by atoms with E-state index < -0.39 is 10.1 Å². The van der Waals surface area contributed by atoms with Crippen molar-refractivity contribution in [2.75, 3.05) is 13.7 Å². The SMILES string of the molecule is COc1cc(C=CC(=O)NC2CCC(C)CC2)ccc1OCCn1ccnc1.Cc1ccc(S(=O)(=O)O)cc1. The van der Waals surface area contributed by atoms with Crippen molar-refractivity contribution in [1.82, 2.24) is 14.9 Å². The summed E-state index contributed by atoms with van der Waals surface area (Å²) in [6.07, 6.45) is 13.3. The van der Waals surface area contributed by atoms with Gasteiger partial charge in [-0.3, -0.25) is 9.35 Å². The Bertz CT molecular complexity index is 1310. The van der Waals surface area contributed by atoms with Gasteiger partial charge < -0.3 is 19.4 Å². The first-order valence-electron chi connectivity index (χ1n) is 12.9. The fourth-order valence-corrected chi connectivity index (χ4v) is 4.60. The first-order valence-corrected chi connectivity index (χ1v) is 14.4. The molecule has 0 saturated heterocycles. The van der Waals surface area contributed by atoms with Crippen LogP contribution in [0, 0.1) is 12.8 Å². The van der Waals surface area contributed by atoms with Crippen molar-refractivity contribution < 1.29 is 27.2 Å². The predicted octanol–water partition coefficient (Wildman–Crippen LogP) is 4.92. The Kier molecular flexibility index (Phi) is 11.1. The Morgan fingerprint density at radius 3 is 2.46 bits per heavy atom. The molecule has 1 saturated carbocycles. The summed E-state index contributed by atoms with van der Waals surface area (Å²) in [5.74, 6) is 2.06. The van der Waals surface area contributed by atoms with Crippen LogP contribution in [-0.4, -0.2) is 48.2 Å². The molecule has 1 heterocycles. The molecule has 9 nitrogen and oxygen atoms in total. The lowest BCUT2D eigenvalue weighted by atomic mass is 9.87. The molecule has 1 aliphatic rings. The van der Waals surface area contributed by atoms with Crippen molar-refractivity contribution in [2.45, 2.75) is 57.0 Å². The number of aromatic nitrogens is 2. The second kappa shape index (κ2) is 14.5. The molecule has 2 aromatic carbocycles. The lowest BCUT2D eigenvalue weighted by Gasteiger charge is -2.26. The average Bonchev–Trinajstić information content (AvgIpc) is 3.43. The van der Waals surface area contributed by atoms with E-state index in [-0.39, 0.29) is 10.8 Å². The fraction of sp³-hybridized carbons (Fsp3) is 0.379. The van der Waals surface area contributed by atoms with Crippen LogP contribution in [-0.2, 0) is 21.5 Å². The monoisotopic (exact) mass is 555 g/mol. The molecule has 1 fully saturated rings. The number of hydrogen-bond donors (Lipinski definition) is 2. The number of nitrogens with zero attached hydrogens (tertiary/aromatic N) is 2. The van der Waals surface area contributed by atoms with Crippen LogP contribution >= 0.6 is 0 Å². The van der Waals surface area contributed by atoms with Gasteiger partial charge in [-0.05, 0) is 74.4 Å². The summed E-state index contributed by atoms with van der Waals surface area (Å²) < 4.78 is 42.8. The zero-order valence-corrected chi connectivity index (χ0v) is 23.4. The Balaban J connectivity index is 0.000000320. The van der Waals surface area contributed by atoms with Crippen molar-refractivity contribution in [1.29, 1.82) is 0 Å². The Morgan fingerprint density at radius 2 is 1.85 bits per heavy atom. The van der Waals surface area contributed by atoms with Gasteiger partial charge in [0.15, 0.2) is 11.5 Å². The second-order valence-electron chi connectivity index (χ2n) is 9.65. The van der Waals surface area contributed by atoms with Crippen molar-refractivity contribution in [3.63, 3.8) is 0 Å². The van der Waals surface area contributed by atoms with Crippen LogP contribution in [0.2, 0.25) is 0 Å². The summed E-state index contributed by atoms with van der Waals surface area (Å²) in [7, 11) is -2.41. The zero-order chi connectivity index (χ0) is 28.3. The topological polar surface area (TPSA) is 120 Å². The summed E-state index contributed by atoms with van der Waals surface area (Å²) in [4.78, 5) is 16.1. The van der Waals surface area contributed by atoms with E-state index in [1.54, 1.807) is 43.9 Å². The second-order valence-corrected chi connectivity index (χ2v) is 11.1. The van der Waals surface area contributed by atoms with E-state index in [1.807, 2.05) is 35.9 Å². The smallest absolute Gasteiger partial charge is 0.294 e. The maximum atomic E-state index is 12.2. The molecule has 10 heteroatoms. The molecule has 2 N–H and O–H groups in total. The third kappa shape index (κ3) is 10.2. The lowest BCUT2D eigenvalue weighted by Crippen LogP contribution is -2.36. The summed E-state index contributed by atoms with van der Waals surface area (Å²) >= 11 is 0. The van der Waals surface area contributed by atoms with Gasteiger partial charge in [0, 0.05) is 24.5 Å². The molecule has 210 valence electrons. The highest BCUT2D eigenvalue weighted by atomic mass is 32.2. The largest absolute Gasteiger partial charge is 0.493 e. The number of carbonyl (C=O) groups excluding carboxylic acids is 1. The molecule has 4 rings (SSSR count). The molecule has 0 atom stereocenters. The Morgan fingerprint density at radius 1 is 1.13 bits per heavy atom. The van der Waals surface area contributed by atoms with E-state index in [0.29, 0.717) is 30.7 Å². The molecule has 0 unspecified atom stereocenters. The van der Waals surface area contributed by atoms with Crippen LogP contribution in [0.15, 0.2) is 72.2 Å². The lowest BCUT2D eigenvalue weighted by molar-refractivity contribution is -0.117. The van der Waals surface area contributed by atoms with E-state index in [1.165, 1.54) is 25.0 Å². The van der Waals surface area contributed by atoms with Crippen LogP contribution in [0.25, 0.3) is 6.08 Å². The summed E-state index contributed by atoms with van der Waals surface area (Å²) in [6, 6.07) is 11.9. The average molecular weight is 556 g/mol. The summed E-state index contributed by atoms with van der Waals surface area (Å²) in [5.41, 5.74) is 1.85. The maximum absolute atomic E-state index is 12.2. The highest BCUT2D eigenvalue weighted by Crippen LogP contribution is 2.28. The first-order chi connectivity index (χ1) is 18.6. The van der Waals surface area contributed by atoms with Gasteiger partial charge in [0.2, 0.25) is 5.91 Å². The first kappa shape index (κ1) is 29.9. The van der Waals surface area contributed by atoms with Crippen LogP contribution < -0.4 is 14.8 Å². The van der Waals surface area contributed by atoms with Crippen LogP contribution in [0.3, 0.4) is 0 Å². The number of rotatable bonds is 9. The van der Waals surface area contributed by atoms with Crippen molar-refractivity contribution in [3.05, 3.63) is 78.4 Å². The van der Waals surface area contributed by atoms with E-state index in [0.717, 1.165) is 29.9 Å². The maximum Gasteiger partial charge on any atom is 0.294 e. The molecule has 0 aliphatic heterocycles. The standard InChI is InChI=1S/C22H29N3O3.C7H8O3S/c1-17-3-7-19(8-4-17)24-22(26)10-6-18-5-9-20(21(15-18)27-2)28-14-13-25-12-11-23-16-25;1-6-2-4-7(5-3-6)11(8,9)10/h5-6,9-12,15-17,19H,3-4,7-8,13-14H2,1-2H3,(H,24,26);2-5H,1H3,(H,8,9,10). The van der Waals surface area contributed by atoms with Gasteiger partial charge in [-0.15, -0.1) is 0 Å². The number of imidazole rings is 1. The van der Waals surface area contributed by atoms with Gasteiger partial charge >= 0.3 is 0 Å². The summed E-state index contributed by atoms with van der Waals surface area (Å²) in [5, 5.41) is 3.10. The van der Waals surface area contributed by atoms with Crippen molar-refractivity contribution in [3.8, 4) is 11.5 Å². The number of hydrogen-bond acceptors (Lipinski definition) is 6. The van der Waals surface area contributed by atoms with Gasteiger partial charge in [0.25, 0.3) is 10.1 Å². The molecule has 39 heavy (non-hydrogen) atoms.